The molecule has 144 valence electrons. The van der Waals surface area contributed by atoms with E-state index in [0.717, 1.165) is 24.1 Å². The van der Waals surface area contributed by atoms with E-state index in [2.05, 4.69) is 20.5 Å². The van der Waals surface area contributed by atoms with Gasteiger partial charge >= 0.3 is 5.69 Å². The van der Waals surface area contributed by atoms with Crippen LogP contribution in [0, 0.1) is 15.9 Å². The molecule has 1 aliphatic rings. The molecule has 4 N–H and O–H groups in total. The Labute approximate surface area is 160 Å². The molecule has 0 amide bonds. The van der Waals surface area contributed by atoms with Crippen molar-refractivity contribution in [2.24, 2.45) is 0 Å². The zero-order valence-corrected chi connectivity index (χ0v) is 15.1. The topological polar surface area (TPSA) is 123 Å². The van der Waals surface area contributed by atoms with Crippen LogP contribution < -0.4 is 11.1 Å². The lowest BCUT2D eigenvalue weighted by molar-refractivity contribution is -0.383. The Morgan fingerprint density at radius 2 is 2.04 bits per heavy atom. The lowest BCUT2D eigenvalue weighted by Crippen LogP contribution is -2.11. The van der Waals surface area contributed by atoms with Gasteiger partial charge in [-0.15, -0.1) is 0 Å². The number of aromatic nitrogens is 3. The summed E-state index contributed by atoms with van der Waals surface area (Å²) in [6.45, 7) is 1.81. The van der Waals surface area contributed by atoms with Crippen LogP contribution in [0.3, 0.4) is 0 Å². The number of nitro groups is 1. The number of benzene rings is 1. The van der Waals surface area contributed by atoms with Crippen molar-refractivity contribution in [3.8, 4) is 11.3 Å². The molecule has 1 fully saturated rings. The summed E-state index contributed by atoms with van der Waals surface area (Å²) < 4.78 is 13.2. The molecule has 0 radical (unpaired) electrons. The van der Waals surface area contributed by atoms with Crippen molar-refractivity contribution in [2.45, 2.75) is 31.7 Å². The number of halogens is 1. The minimum Gasteiger partial charge on any atom is -0.384 e. The van der Waals surface area contributed by atoms with E-state index in [-0.39, 0.29) is 29.2 Å². The highest BCUT2D eigenvalue weighted by molar-refractivity contribution is 5.81. The van der Waals surface area contributed by atoms with Gasteiger partial charge in [-0.3, -0.25) is 15.2 Å². The maximum absolute atomic E-state index is 13.2. The predicted octanol–water partition coefficient (Wildman–Crippen LogP) is 4.15. The Balaban J connectivity index is 1.72. The first-order valence-corrected chi connectivity index (χ1v) is 8.95. The Bertz CT molecular complexity index is 1030. The molecule has 0 aliphatic heterocycles. The number of nitrogens with two attached hydrogens (primary N) is 1. The summed E-state index contributed by atoms with van der Waals surface area (Å²) in [7, 11) is 0. The van der Waals surface area contributed by atoms with Gasteiger partial charge in [0.15, 0.2) is 0 Å². The molecular weight excluding hydrogens is 363 g/mol. The van der Waals surface area contributed by atoms with Crippen molar-refractivity contribution in [1.29, 1.82) is 0 Å². The number of hydrogen-bond donors (Lipinski definition) is 3. The third-order valence-corrected chi connectivity index (χ3v) is 4.81. The van der Waals surface area contributed by atoms with E-state index in [9.17, 15) is 14.5 Å². The van der Waals surface area contributed by atoms with Crippen LogP contribution in [0.2, 0.25) is 0 Å². The second-order valence-electron chi connectivity index (χ2n) is 6.95. The number of nitrogens with one attached hydrogen (secondary N) is 2. The van der Waals surface area contributed by atoms with Gasteiger partial charge < -0.3 is 11.1 Å². The van der Waals surface area contributed by atoms with Gasteiger partial charge in [0.25, 0.3) is 0 Å². The lowest BCUT2D eigenvalue weighted by atomic mass is 10.1. The number of hydrogen-bond acceptors (Lipinski definition) is 6. The van der Waals surface area contributed by atoms with E-state index in [4.69, 9.17) is 5.73 Å². The van der Waals surface area contributed by atoms with Gasteiger partial charge in [-0.1, -0.05) is 12.1 Å². The molecule has 0 unspecified atom stereocenters. The SMILES string of the molecule is C[C@@H](Nc1nc(N)cc(-c2cc(C3CC3)[nH]n2)c1[N+](=O)[O-])c1ccc(F)cc1. The van der Waals surface area contributed by atoms with Crippen molar-refractivity contribution < 1.29 is 9.31 Å². The van der Waals surface area contributed by atoms with E-state index >= 15 is 0 Å². The molecule has 1 aliphatic carbocycles. The number of anilines is 2. The molecule has 1 aromatic carbocycles. The van der Waals surface area contributed by atoms with Crippen LogP contribution in [0.1, 0.15) is 43.0 Å². The molecule has 0 saturated heterocycles. The van der Waals surface area contributed by atoms with Crippen LogP contribution in [-0.2, 0) is 0 Å². The minimum absolute atomic E-state index is 0.0489. The molecule has 3 aromatic rings. The fraction of sp³-hybridized carbons (Fsp3) is 0.263. The Morgan fingerprint density at radius 3 is 2.68 bits per heavy atom. The second-order valence-corrected chi connectivity index (χ2v) is 6.95. The highest BCUT2D eigenvalue weighted by Crippen LogP contribution is 2.42. The molecule has 4 rings (SSSR count). The first-order chi connectivity index (χ1) is 13.4. The smallest absolute Gasteiger partial charge is 0.320 e. The highest BCUT2D eigenvalue weighted by Gasteiger charge is 2.29. The number of rotatable bonds is 6. The molecule has 28 heavy (non-hydrogen) atoms. The van der Waals surface area contributed by atoms with Crippen molar-refractivity contribution in [3.63, 3.8) is 0 Å². The highest BCUT2D eigenvalue weighted by atomic mass is 19.1. The van der Waals surface area contributed by atoms with Crippen LogP contribution in [0.4, 0.5) is 21.7 Å². The standard InChI is InChI=1S/C19H19FN6O2/c1-10(11-4-6-13(20)7-5-11)22-19-18(26(27)28)14(8-17(21)23-19)16-9-15(24-25-16)12-2-3-12/h4-10,12H,2-3H2,1H3,(H,24,25)(H3,21,22,23)/t10-/m1/s1. The van der Waals surface area contributed by atoms with E-state index in [1.54, 1.807) is 19.1 Å². The number of H-pyrrole nitrogens is 1. The first kappa shape index (κ1) is 17.9. The monoisotopic (exact) mass is 382 g/mol. The van der Waals surface area contributed by atoms with Gasteiger partial charge in [0, 0.05) is 11.6 Å². The molecule has 2 heterocycles. The normalized spacial score (nSPS) is 14.6. The molecular formula is C19H19FN6O2. The Kier molecular flexibility index (Phi) is 4.42. The van der Waals surface area contributed by atoms with Crippen LogP contribution in [-0.4, -0.2) is 20.1 Å². The molecule has 9 heteroatoms. The Morgan fingerprint density at radius 1 is 1.32 bits per heavy atom. The summed E-state index contributed by atoms with van der Waals surface area (Å²) in [5.74, 6) is 0.282. The summed E-state index contributed by atoms with van der Waals surface area (Å²) >= 11 is 0. The molecule has 0 bridgehead atoms. The van der Waals surface area contributed by atoms with Crippen LogP contribution >= 0.6 is 0 Å². The van der Waals surface area contributed by atoms with Crippen molar-refractivity contribution >= 4 is 17.3 Å². The average molecular weight is 382 g/mol. The van der Waals surface area contributed by atoms with Gasteiger partial charge in [0.1, 0.15) is 11.6 Å². The maximum Gasteiger partial charge on any atom is 0.320 e. The largest absolute Gasteiger partial charge is 0.384 e. The quantitative estimate of drug-likeness (QED) is 0.435. The number of pyridine rings is 1. The summed E-state index contributed by atoms with van der Waals surface area (Å²) in [6, 6.07) is 8.84. The van der Waals surface area contributed by atoms with Crippen LogP contribution in [0.25, 0.3) is 11.3 Å². The molecule has 8 nitrogen and oxygen atoms in total. The van der Waals surface area contributed by atoms with Crippen LogP contribution in [0.5, 0.6) is 0 Å². The van der Waals surface area contributed by atoms with Crippen molar-refractivity contribution in [2.75, 3.05) is 11.1 Å². The molecule has 0 spiro atoms. The number of aromatic amines is 1. The lowest BCUT2D eigenvalue weighted by Gasteiger charge is -2.16. The van der Waals surface area contributed by atoms with E-state index in [1.165, 1.54) is 18.2 Å². The molecule has 1 atom stereocenters. The fourth-order valence-corrected chi connectivity index (χ4v) is 3.16. The predicted molar refractivity (Wildman–Crippen MR) is 103 cm³/mol. The maximum atomic E-state index is 13.2. The minimum atomic E-state index is -0.493. The van der Waals surface area contributed by atoms with Gasteiger partial charge in [-0.25, -0.2) is 9.37 Å². The summed E-state index contributed by atoms with van der Waals surface area (Å²) in [5.41, 5.74) is 8.21. The van der Waals surface area contributed by atoms with Crippen LogP contribution in [0.15, 0.2) is 36.4 Å². The fourth-order valence-electron chi connectivity index (χ4n) is 3.16. The Hall–Kier alpha value is -3.49. The van der Waals surface area contributed by atoms with E-state index < -0.39 is 4.92 Å². The van der Waals surface area contributed by atoms with Gasteiger partial charge in [0.2, 0.25) is 5.82 Å². The van der Waals surface area contributed by atoms with Gasteiger partial charge in [-0.05, 0) is 49.6 Å². The average Bonchev–Trinajstić information content (AvgIpc) is 3.38. The summed E-state index contributed by atoms with van der Waals surface area (Å²) in [4.78, 5) is 15.5. The first-order valence-electron chi connectivity index (χ1n) is 8.95. The zero-order valence-electron chi connectivity index (χ0n) is 15.1. The van der Waals surface area contributed by atoms with Crippen molar-refractivity contribution in [3.05, 3.63) is 63.6 Å². The van der Waals surface area contributed by atoms with E-state index in [0.29, 0.717) is 17.2 Å². The zero-order chi connectivity index (χ0) is 19.8. The summed E-state index contributed by atoms with van der Waals surface area (Å²) in [6.07, 6.45) is 2.18. The van der Waals surface area contributed by atoms with Gasteiger partial charge in [0.05, 0.1) is 22.2 Å². The molecule has 1 saturated carbocycles. The molecule has 2 aromatic heterocycles. The van der Waals surface area contributed by atoms with Gasteiger partial charge in [-0.2, -0.15) is 5.10 Å². The van der Waals surface area contributed by atoms with E-state index in [1.807, 2.05) is 6.07 Å². The second kappa shape index (κ2) is 6.91. The van der Waals surface area contributed by atoms with Crippen molar-refractivity contribution in [1.82, 2.24) is 15.2 Å². The number of nitrogen functional groups attached to an aromatic ring is 1. The number of nitrogens with zero attached hydrogens (tertiary/aromatic N) is 3. The third-order valence-electron chi connectivity index (χ3n) is 4.81. The third kappa shape index (κ3) is 3.51. The summed E-state index contributed by atoms with van der Waals surface area (Å²) in [5, 5.41) is 22.1.